The Labute approximate surface area is 156 Å². The summed E-state index contributed by atoms with van der Waals surface area (Å²) in [5.74, 6) is -0.768. The zero-order valence-corrected chi connectivity index (χ0v) is 15.3. The third-order valence-electron chi connectivity index (χ3n) is 4.50. The fourth-order valence-corrected chi connectivity index (χ4v) is 3.26. The van der Waals surface area contributed by atoms with Crippen LogP contribution in [0.15, 0.2) is 48.5 Å². The van der Waals surface area contributed by atoms with Crippen molar-refractivity contribution in [1.29, 1.82) is 0 Å². The fraction of sp³-hybridized carbons (Fsp3) is 0.263. The number of rotatable bonds is 5. The highest BCUT2D eigenvalue weighted by molar-refractivity contribution is 6.31. The van der Waals surface area contributed by atoms with E-state index in [0.29, 0.717) is 16.1 Å². The van der Waals surface area contributed by atoms with Crippen LogP contribution in [0.25, 0.3) is 0 Å². The lowest BCUT2D eigenvalue weighted by atomic mass is 9.92. The molecule has 1 heterocycles. The molecular formula is C19H19ClFN3O2. The van der Waals surface area contributed by atoms with Crippen molar-refractivity contribution in [2.45, 2.75) is 19.0 Å². The molecule has 1 saturated heterocycles. The molecule has 0 radical (unpaired) electrons. The lowest BCUT2D eigenvalue weighted by Crippen LogP contribution is -2.42. The molecule has 1 aliphatic rings. The first-order valence-electron chi connectivity index (χ1n) is 8.14. The van der Waals surface area contributed by atoms with Crippen LogP contribution in [0.3, 0.4) is 0 Å². The number of nitrogens with one attached hydrogen (secondary N) is 1. The average Bonchev–Trinajstić information content (AvgIpc) is 2.83. The molecule has 1 N–H and O–H groups in total. The molecule has 0 unspecified atom stereocenters. The van der Waals surface area contributed by atoms with Crippen LogP contribution < -0.4 is 5.32 Å². The molecule has 2 aromatic rings. The summed E-state index contributed by atoms with van der Waals surface area (Å²) in [6, 6.07) is 13.1. The van der Waals surface area contributed by atoms with Crippen LogP contribution in [-0.4, -0.2) is 35.5 Å². The second kappa shape index (κ2) is 7.05. The van der Waals surface area contributed by atoms with Crippen LogP contribution in [0.4, 0.5) is 9.18 Å². The molecule has 3 rings (SSSR count). The Kier molecular flexibility index (Phi) is 4.98. The van der Waals surface area contributed by atoms with E-state index in [1.54, 1.807) is 37.1 Å². The largest absolute Gasteiger partial charge is 0.326 e. The van der Waals surface area contributed by atoms with Crippen molar-refractivity contribution < 1.29 is 14.0 Å². The van der Waals surface area contributed by atoms with Crippen molar-refractivity contribution in [3.8, 4) is 0 Å². The first-order valence-corrected chi connectivity index (χ1v) is 8.52. The van der Waals surface area contributed by atoms with E-state index in [4.69, 9.17) is 11.6 Å². The number of hydrogen-bond donors (Lipinski definition) is 1. The van der Waals surface area contributed by atoms with Crippen LogP contribution in [-0.2, 0) is 16.9 Å². The van der Waals surface area contributed by atoms with Gasteiger partial charge in [0.25, 0.3) is 5.91 Å². The summed E-state index contributed by atoms with van der Waals surface area (Å²) >= 11 is 6.05. The quantitative estimate of drug-likeness (QED) is 0.815. The van der Waals surface area contributed by atoms with E-state index in [1.807, 2.05) is 18.2 Å². The van der Waals surface area contributed by atoms with Gasteiger partial charge in [0.1, 0.15) is 11.4 Å². The monoisotopic (exact) mass is 375 g/mol. The van der Waals surface area contributed by atoms with Gasteiger partial charge in [-0.25, -0.2) is 14.1 Å². The first-order chi connectivity index (χ1) is 12.3. The maximum Gasteiger partial charge on any atom is 0.326 e. The van der Waals surface area contributed by atoms with Crippen LogP contribution in [0.5, 0.6) is 0 Å². The Morgan fingerprint density at radius 1 is 1.15 bits per heavy atom. The average molecular weight is 376 g/mol. The Bertz CT molecular complexity index is 826. The highest BCUT2D eigenvalue weighted by atomic mass is 35.5. The van der Waals surface area contributed by atoms with Crippen molar-refractivity contribution in [2.24, 2.45) is 0 Å². The molecule has 0 bridgehead atoms. The number of benzene rings is 2. The lowest BCUT2D eigenvalue weighted by molar-refractivity contribution is -0.132. The standard InChI is InChI=1S/C19H19ClFN3O2/c1-19(13-7-4-3-5-8-13)17(25)24(18(26)22-19)12-23(2)11-14-15(20)9-6-10-16(14)21/h3-10H,11-12H2,1-2H3,(H,22,26)/t19-/m1/s1. The number of carbonyl (C=O) groups excluding carboxylic acids is 2. The maximum absolute atomic E-state index is 14.0. The lowest BCUT2D eigenvalue weighted by Gasteiger charge is -2.25. The molecule has 1 atom stereocenters. The van der Waals surface area contributed by atoms with Gasteiger partial charge < -0.3 is 5.32 Å². The highest BCUT2D eigenvalue weighted by Crippen LogP contribution is 2.29. The number of hydrogen-bond acceptors (Lipinski definition) is 3. The summed E-state index contributed by atoms with van der Waals surface area (Å²) in [6.45, 7) is 1.87. The van der Waals surface area contributed by atoms with Gasteiger partial charge in [-0.1, -0.05) is 48.0 Å². The van der Waals surface area contributed by atoms with Crippen molar-refractivity contribution in [1.82, 2.24) is 15.1 Å². The first kappa shape index (κ1) is 18.4. The van der Waals surface area contributed by atoms with Gasteiger partial charge in [0.15, 0.2) is 0 Å². The summed E-state index contributed by atoms with van der Waals surface area (Å²) in [5.41, 5.74) is -0.0790. The summed E-state index contributed by atoms with van der Waals surface area (Å²) in [4.78, 5) is 28.0. The smallest absolute Gasteiger partial charge is 0.319 e. The summed E-state index contributed by atoms with van der Waals surface area (Å²) in [7, 11) is 1.70. The molecule has 0 aromatic heterocycles. The molecule has 5 nitrogen and oxygen atoms in total. The third-order valence-corrected chi connectivity index (χ3v) is 4.85. The van der Waals surface area contributed by atoms with E-state index >= 15 is 0 Å². The van der Waals surface area contributed by atoms with Crippen LogP contribution in [0, 0.1) is 5.82 Å². The van der Waals surface area contributed by atoms with Gasteiger partial charge in [-0.3, -0.25) is 9.69 Å². The van der Waals surface area contributed by atoms with Gasteiger partial charge in [0.2, 0.25) is 0 Å². The second-order valence-corrected chi connectivity index (χ2v) is 6.92. The van der Waals surface area contributed by atoms with Gasteiger partial charge in [-0.2, -0.15) is 0 Å². The minimum atomic E-state index is -1.12. The SMILES string of the molecule is CN(Cc1c(F)cccc1Cl)CN1C(=O)N[C@](C)(c2ccccc2)C1=O. The van der Waals surface area contributed by atoms with E-state index in [1.165, 1.54) is 12.1 Å². The van der Waals surface area contributed by atoms with Gasteiger partial charge in [-0.05, 0) is 31.7 Å². The van der Waals surface area contributed by atoms with Crippen molar-refractivity contribution in [2.75, 3.05) is 13.7 Å². The zero-order chi connectivity index (χ0) is 18.9. The van der Waals surface area contributed by atoms with Crippen molar-refractivity contribution in [3.63, 3.8) is 0 Å². The zero-order valence-electron chi connectivity index (χ0n) is 14.5. The van der Waals surface area contributed by atoms with E-state index in [-0.39, 0.29) is 19.1 Å². The highest BCUT2D eigenvalue weighted by Gasteiger charge is 2.49. The van der Waals surface area contributed by atoms with Gasteiger partial charge in [-0.15, -0.1) is 0 Å². The number of halogens is 2. The number of imide groups is 1. The molecule has 136 valence electrons. The Hall–Kier alpha value is -2.44. The fourth-order valence-electron chi connectivity index (χ4n) is 3.04. The van der Waals surface area contributed by atoms with Crippen molar-refractivity contribution in [3.05, 3.63) is 70.5 Å². The van der Waals surface area contributed by atoms with Crippen LogP contribution in [0.1, 0.15) is 18.1 Å². The minimum absolute atomic E-state index is 0.0255. The number of urea groups is 1. The van der Waals surface area contributed by atoms with E-state index in [2.05, 4.69) is 5.32 Å². The molecule has 7 heteroatoms. The van der Waals surface area contributed by atoms with E-state index < -0.39 is 17.4 Å². The Balaban J connectivity index is 1.76. The molecule has 3 amide bonds. The number of nitrogens with zero attached hydrogens (tertiary/aromatic N) is 2. The summed E-state index contributed by atoms with van der Waals surface area (Å²) < 4.78 is 14.0. The molecule has 1 fully saturated rings. The topological polar surface area (TPSA) is 52.6 Å². The minimum Gasteiger partial charge on any atom is -0.319 e. The molecule has 2 aromatic carbocycles. The molecule has 0 aliphatic carbocycles. The summed E-state index contributed by atoms with van der Waals surface area (Å²) in [5, 5.41) is 3.06. The molecule has 26 heavy (non-hydrogen) atoms. The molecule has 0 spiro atoms. The molecular weight excluding hydrogens is 357 g/mol. The molecule has 0 saturated carbocycles. The normalized spacial score (nSPS) is 20.0. The maximum atomic E-state index is 14.0. The predicted molar refractivity (Wildman–Crippen MR) is 96.9 cm³/mol. The third kappa shape index (κ3) is 3.30. The van der Waals surface area contributed by atoms with Crippen molar-refractivity contribution >= 4 is 23.5 Å². The van der Waals surface area contributed by atoms with Gasteiger partial charge >= 0.3 is 6.03 Å². The van der Waals surface area contributed by atoms with E-state index in [9.17, 15) is 14.0 Å². The van der Waals surface area contributed by atoms with E-state index in [0.717, 1.165) is 4.90 Å². The Morgan fingerprint density at radius 3 is 2.50 bits per heavy atom. The molecule has 1 aliphatic heterocycles. The number of carbonyl (C=O) groups is 2. The van der Waals surface area contributed by atoms with Gasteiger partial charge in [0.05, 0.1) is 6.67 Å². The second-order valence-electron chi connectivity index (χ2n) is 6.51. The number of amides is 3. The predicted octanol–water partition coefficient (Wildman–Crippen LogP) is 3.34. The Morgan fingerprint density at radius 2 is 1.85 bits per heavy atom. The van der Waals surface area contributed by atoms with Gasteiger partial charge in [0, 0.05) is 17.1 Å². The van der Waals surface area contributed by atoms with Crippen LogP contribution in [0.2, 0.25) is 5.02 Å². The summed E-state index contributed by atoms with van der Waals surface area (Å²) in [6.07, 6.45) is 0. The van der Waals surface area contributed by atoms with Crippen LogP contribution >= 0.6 is 11.6 Å².